The monoisotopic (exact) mass is 284 g/mol. The van der Waals surface area contributed by atoms with Gasteiger partial charge < -0.3 is 15.0 Å². The Hall–Kier alpha value is -0.610. The first-order valence-electron chi connectivity index (χ1n) is 8.07. The predicted molar refractivity (Wildman–Crippen MR) is 82.8 cm³/mol. The van der Waals surface area contributed by atoms with E-state index < -0.39 is 5.54 Å². The highest BCUT2D eigenvalue weighted by atomic mass is 16.5. The smallest absolute Gasteiger partial charge is 0.327 e. The lowest BCUT2D eigenvalue weighted by atomic mass is 9.99. The summed E-state index contributed by atoms with van der Waals surface area (Å²) in [4.78, 5) is 14.5. The molecule has 0 bridgehead atoms. The summed E-state index contributed by atoms with van der Waals surface area (Å²) in [6.45, 7) is 5.62. The molecule has 0 spiro atoms. The summed E-state index contributed by atoms with van der Waals surface area (Å²) in [5.74, 6) is -0.161. The van der Waals surface area contributed by atoms with Crippen LogP contribution < -0.4 is 5.32 Å². The maximum atomic E-state index is 12.1. The molecule has 0 radical (unpaired) electrons. The summed E-state index contributed by atoms with van der Waals surface area (Å²) in [5.41, 5.74) is -0.605. The third kappa shape index (κ3) is 5.06. The van der Waals surface area contributed by atoms with Crippen LogP contribution in [0.15, 0.2) is 0 Å². The minimum atomic E-state index is -0.605. The third-order valence-corrected chi connectivity index (χ3v) is 4.41. The second-order valence-corrected chi connectivity index (χ2v) is 6.31. The Labute approximate surface area is 124 Å². The van der Waals surface area contributed by atoms with Crippen molar-refractivity contribution in [3.63, 3.8) is 0 Å². The van der Waals surface area contributed by atoms with Gasteiger partial charge in [0.15, 0.2) is 0 Å². The first kappa shape index (κ1) is 17.4. The fourth-order valence-corrected chi connectivity index (χ4v) is 3.15. The lowest BCUT2D eigenvalue weighted by molar-refractivity contribution is -0.148. The molecule has 0 aliphatic heterocycles. The molecular weight excluding hydrogens is 252 g/mol. The van der Waals surface area contributed by atoms with Gasteiger partial charge in [-0.1, -0.05) is 32.6 Å². The molecule has 0 saturated heterocycles. The van der Waals surface area contributed by atoms with Crippen LogP contribution in [0.5, 0.6) is 0 Å². The van der Waals surface area contributed by atoms with Crippen LogP contribution in [0.4, 0.5) is 0 Å². The number of methoxy groups -OCH3 is 1. The Morgan fingerprint density at radius 3 is 2.40 bits per heavy atom. The van der Waals surface area contributed by atoms with Crippen LogP contribution in [0.3, 0.4) is 0 Å². The van der Waals surface area contributed by atoms with Gasteiger partial charge >= 0.3 is 5.97 Å². The Balaban J connectivity index is 2.64. The van der Waals surface area contributed by atoms with Gasteiger partial charge in [0, 0.05) is 12.6 Å². The van der Waals surface area contributed by atoms with Crippen LogP contribution in [0.2, 0.25) is 0 Å². The molecule has 1 unspecified atom stereocenters. The van der Waals surface area contributed by atoms with Gasteiger partial charge in [0.2, 0.25) is 0 Å². The second-order valence-electron chi connectivity index (χ2n) is 6.31. The molecule has 1 atom stereocenters. The fourth-order valence-electron chi connectivity index (χ4n) is 3.15. The molecule has 1 aliphatic rings. The summed E-state index contributed by atoms with van der Waals surface area (Å²) >= 11 is 0. The van der Waals surface area contributed by atoms with E-state index in [1.165, 1.54) is 45.6 Å². The van der Waals surface area contributed by atoms with Crippen molar-refractivity contribution in [2.24, 2.45) is 0 Å². The van der Waals surface area contributed by atoms with Crippen LogP contribution in [-0.2, 0) is 9.53 Å². The van der Waals surface area contributed by atoms with E-state index in [0.717, 1.165) is 13.0 Å². The number of likely N-dealkylation sites (N-methyl/N-ethyl adjacent to an activating group) is 1. The Morgan fingerprint density at radius 2 is 1.90 bits per heavy atom. The summed E-state index contributed by atoms with van der Waals surface area (Å²) in [7, 11) is 3.62. The van der Waals surface area contributed by atoms with Gasteiger partial charge in [-0.05, 0) is 39.8 Å². The number of nitrogens with zero attached hydrogens (tertiary/aromatic N) is 1. The van der Waals surface area contributed by atoms with Gasteiger partial charge in [0.25, 0.3) is 0 Å². The quantitative estimate of drug-likeness (QED) is 0.576. The van der Waals surface area contributed by atoms with Crippen LogP contribution >= 0.6 is 0 Å². The molecule has 1 N–H and O–H groups in total. The number of hydrogen-bond acceptors (Lipinski definition) is 4. The van der Waals surface area contributed by atoms with Gasteiger partial charge in [-0.2, -0.15) is 0 Å². The summed E-state index contributed by atoms with van der Waals surface area (Å²) in [5, 5.41) is 3.37. The molecule has 4 nitrogen and oxygen atoms in total. The number of nitrogens with one attached hydrogen (secondary N) is 1. The Morgan fingerprint density at radius 1 is 1.30 bits per heavy atom. The summed E-state index contributed by atoms with van der Waals surface area (Å²) in [6.07, 6.45) is 8.85. The van der Waals surface area contributed by atoms with E-state index >= 15 is 0 Å². The second kappa shape index (κ2) is 8.63. The standard InChI is InChI=1S/C16H32N2O2/c1-5-12-17-16(2,15(19)20-4)13-18(3)14-10-8-6-7-9-11-14/h14,17H,5-13H2,1-4H3. The van der Waals surface area contributed by atoms with E-state index in [0.29, 0.717) is 12.6 Å². The molecule has 20 heavy (non-hydrogen) atoms. The van der Waals surface area contributed by atoms with E-state index in [1.54, 1.807) is 0 Å². The van der Waals surface area contributed by atoms with Crippen LogP contribution in [0.1, 0.15) is 58.8 Å². The SMILES string of the molecule is CCCNC(C)(CN(C)C1CCCCCC1)C(=O)OC. The highest BCUT2D eigenvalue weighted by Gasteiger charge is 2.36. The summed E-state index contributed by atoms with van der Waals surface area (Å²) < 4.78 is 5.00. The largest absolute Gasteiger partial charge is 0.468 e. The molecule has 0 aromatic heterocycles. The Bertz CT molecular complexity index is 288. The van der Waals surface area contributed by atoms with E-state index in [1.807, 2.05) is 6.92 Å². The van der Waals surface area contributed by atoms with Crippen LogP contribution in [0.25, 0.3) is 0 Å². The van der Waals surface area contributed by atoms with Crippen molar-refractivity contribution in [1.29, 1.82) is 0 Å². The van der Waals surface area contributed by atoms with Gasteiger partial charge in [-0.3, -0.25) is 4.79 Å². The average Bonchev–Trinajstić information content (AvgIpc) is 2.73. The molecule has 4 heteroatoms. The van der Waals surface area contributed by atoms with Crippen molar-refractivity contribution < 1.29 is 9.53 Å². The first-order valence-corrected chi connectivity index (χ1v) is 8.07. The number of hydrogen-bond donors (Lipinski definition) is 1. The molecule has 0 amide bonds. The van der Waals surface area contributed by atoms with Gasteiger partial charge in [-0.25, -0.2) is 0 Å². The highest BCUT2D eigenvalue weighted by Crippen LogP contribution is 2.22. The van der Waals surface area contributed by atoms with E-state index in [9.17, 15) is 4.79 Å². The van der Waals surface area contributed by atoms with Crippen molar-refractivity contribution in [3.8, 4) is 0 Å². The zero-order valence-corrected chi connectivity index (χ0v) is 13.7. The van der Waals surface area contributed by atoms with Crippen molar-refractivity contribution in [1.82, 2.24) is 10.2 Å². The number of esters is 1. The molecule has 0 aromatic rings. The minimum absolute atomic E-state index is 0.161. The average molecular weight is 284 g/mol. The lowest BCUT2D eigenvalue weighted by Crippen LogP contribution is -2.58. The van der Waals surface area contributed by atoms with Crippen LogP contribution in [-0.4, -0.2) is 49.7 Å². The first-order chi connectivity index (χ1) is 9.53. The predicted octanol–water partition coefficient (Wildman–Crippen LogP) is 2.57. The zero-order valence-electron chi connectivity index (χ0n) is 13.7. The Kier molecular flexibility index (Phi) is 7.52. The molecule has 1 saturated carbocycles. The van der Waals surface area contributed by atoms with Gasteiger partial charge in [-0.15, -0.1) is 0 Å². The number of carbonyl (C=O) groups excluding carboxylic acids is 1. The number of carbonyl (C=O) groups is 1. The molecule has 1 aliphatic carbocycles. The molecule has 1 fully saturated rings. The van der Waals surface area contributed by atoms with Crippen molar-refractivity contribution in [3.05, 3.63) is 0 Å². The van der Waals surface area contributed by atoms with Crippen molar-refractivity contribution in [2.45, 2.75) is 70.4 Å². The normalized spacial score (nSPS) is 20.4. The maximum Gasteiger partial charge on any atom is 0.327 e. The van der Waals surface area contributed by atoms with Gasteiger partial charge in [0.1, 0.15) is 5.54 Å². The van der Waals surface area contributed by atoms with Crippen LogP contribution in [0, 0.1) is 0 Å². The molecule has 1 rings (SSSR count). The van der Waals surface area contributed by atoms with Gasteiger partial charge in [0.05, 0.1) is 7.11 Å². The molecule has 0 heterocycles. The van der Waals surface area contributed by atoms with E-state index in [-0.39, 0.29) is 5.97 Å². The maximum absolute atomic E-state index is 12.1. The summed E-state index contributed by atoms with van der Waals surface area (Å²) in [6, 6.07) is 0.602. The zero-order chi connectivity index (χ0) is 15.0. The van der Waals surface area contributed by atoms with Crippen molar-refractivity contribution >= 4 is 5.97 Å². The van der Waals surface area contributed by atoms with Crippen molar-refractivity contribution in [2.75, 3.05) is 27.2 Å². The molecular formula is C16H32N2O2. The lowest BCUT2D eigenvalue weighted by Gasteiger charge is -2.36. The molecule has 118 valence electrons. The number of ether oxygens (including phenoxy) is 1. The highest BCUT2D eigenvalue weighted by molar-refractivity contribution is 5.80. The number of rotatable bonds is 7. The fraction of sp³-hybridized carbons (Fsp3) is 0.938. The van der Waals surface area contributed by atoms with E-state index in [2.05, 4.69) is 24.2 Å². The molecule has 0 aromatic carbocycles. The topological polar surface area (TPSA) is 41.6 Å². The minimum Gasteiger partial charge on any atom is -0.468 e. The third-order valence-electron chi connectivity index (χ3n) is 4.41. The van der Waals surface area contributed by atoms with E-state index in [4.69, 9.17) is 4.74 Å².